The van der Waals surface area contributed by atoms with Crippen LogP contribution in [0.4, 0.5) is 0 Å². The third-order valence-electron chi connectivity index (χ3n) is 1.40. The van der Waals surface area contributed by atoms with E-state index in [4.69, 9.17) is 9.62 Å². The number of hydrogen-bond donors (Lipinski definition) is 0. The monoisotopic (exact) mass is 184 g/mol. The number of hydrogen-bond acceptors (Lipinski definition) is 4. The molecule has 2 atom stereocenters. The Balaban J connectivity index is 2.56. The summed E-state index contributed by atoms with van der Waals surface area (Å²) in [5, 5.41) is 0. The van der Waals surface area contributed by atoms with Crippen molar-refractivity contribution in [1.82, 2.24) is 0 Å². The first-order valence-electron chi connectivity index (χ1n) is 4.03. The number of ether oxygens (including phenoxy) is 1. The molecule has 1 heterocycles. The van der Waals surface area contributed by atoms with Crippen molar-refractivity contribution >= 4 is 5.97 Å². The Morgan fingerprint density at radius 3 is 2.85 bits per heavy atom. The van der Waals surface area contributed by atoms with Gasteiger partial charge in [0.15, 0.2) is 0 Å². The highest BCUT2D eigenvalue weighted by molar-refractivity contribution is 5.66. The van der Waals surface area contributed by atoms with Crippen molar-refractivity contribution in [2.75, 3.05) is 0 Å². The smallest absolute Gasteiger partial charge is 0.303 e. The van der Waals surface area contributed by atoms with E-state index in [-0.39, 0.29) is 18.2 Å². The first kappa shape index (κ1) is 9.80. The zero-order valence-corrected chi connectivity index (χ0v) is 7.60. The average molecular weight is 184 g/mol. The summed E-state index contributed by atoms with van der Waals surface area (Å²) < 4.78 is 4.93. The van der Waals surface area contributed by atoms with Crippen molar-refractivity contribution in [2.45, 2.75) is 26.1 Å². The van der Waals surface area contributed by atoms with Crippen LogP contribution >= 0.6 is 0 Å². The topological polar surface area (TPSA) is 44.8 Å². The van der Waals surface area contributed by atoms with E-state index in [1.54, 1.807) is 18.2 Å². The van der Waals surface area contributed by atoms with Crippen LogP contribution in [0, 0.1) is 0 Å². The average Bonchev–Trinajstić information content (AvgIpc) is 2.03. The molecule has 0 fully saturated rings. The van der Waals surface area contributed by atoms with Gasteiger partial charge in [0.25, 0.3) is 0 Å². The van der Waals surface area contributed by atoms with E-state index in [9.17, 15) is 4.79 Å². The Hall–Kier alpha value is -1.29. The molecule has 1 rings (SSSR count). The number of esters is 1. The van der Waals surface area contributed by atoms with E-state index < -0.39 is 0 Å². The third-order valence-corrected chi connectivity index (χ3v) is 1.40. The molecule has 0 bridgehead atoms. The molecule has 4 heteroatoms. The molecule has 0 aromatic rings. The van der Waals surface area contributed by atoms with Crippen LogP contribution in [0.5, 0.6) is 0 Å². The second kappa shape index (κ2) is 4.67. The standard InChI is InChI=1S/C9H12O4/c1-7-3-4-9(12-8(2)10)5-6-11-13-7/h3-7,9H,1-2H3/b4-3?,6-5-. The Bertz CT molecular complexity index is 232. The van der Waals surface area contributed by atoms with E-state index in [0.717, 1.165) is 0 Å². The minimum Gasteiger partial charge on any atom is -0.454 e. The third kappa shape index (κ3) is 3.75. The van der Waals surface area contributed by atoms with E-state index in [0.29, 0.717) is 0 Å². The van der Waals surface area contributed by atoms with Crippen LogP contribution in [-0.4, -0.2) is 18.2 Å². The molecule has 1 aliphatic rings. The molecule has 0 saturated carbocycles. The minimum absolute atomic E-state index is 0.150. The van der Waals surface area contributed by atoms with Crippen molar-refractivity contribution in [2.24, 2.45) is 0 Å². The Kier molecular flexibility index (Phi) is 3.52. The fourth-order valence-electron chi connectivity index (χ4n) is 0.862. The van der Waals surface area contributed by atoms with Gasteiger partial charge in [0.05, 0.1) is 0 Å². The van der Waals surface area contributed by atoms with E-state index >= 15 is 0 Å². The summed E-state index contributed by atoms with van der Waals surface area (Å²) in [6, 6.07) is 0. The van der Waals surface area contributed by atoms with Crippen LogP contribution in [0.15, 0.2) is 24.5 Å². The van der Waals surface area contributed by atoms with E-state index in [1.165, 1.54) is 13.2 Å². The first-order chi connectivity index (χ1) is 6.18. The lowest BCUT2D eigenvalue weighted by Gasteiger charge is -2.12. The number of carbonyl (C=O) groups is 1. The van der Waals surface area contributed by atoms with Gasteiger partial charge in [-0.15, -0.1) is 0 Å². The van der Waals surface area contributed by atoms with Gasteiger partial charge in [0.1, 0.15) is 18.5 Å². The zero-order chi connectivity index (χ0) is 9.68. The summed E-state index contributed by atoms with van der Waals surface area (Å²) in [6.07, 6.45) is 5.92. The maximum absolute atomic E-state index is 10.6. The van der Waals surface area contributed by atoms with Gasteiger partial charge in [-0.25, -0.2) is 0 Å². The van der Waals surface area contributed by atoms with Gasteiger partial charge in [0.2, 0.25) is 0 Å². The molecule has 13 heavy (non-hydrogen) atoms. The molecule has 0 aromatic carbocycles. The molecular formula is C9H12O4. The van der Waals surface area contributed by atoms with Crippen LogP contribution in [-0.2, 0) is 19.3 Å². The van der Waals surface area contributed by atoms with Gasteiger partial charge < -0.3 is 9.62 Å². The maximum atomic E-state index is 10.6. The maximum Gasteiger partial charge on any atom is 0.303 e. The molecule has 4 nitrogen and oxygen atoms in total. The molecule has 0 radical (unpaired) electrons. The van der Waals surface area contributed by atoms with Crippen molar-refractivity contribution in [1.29, 1.82) is 0 Å². The highest BCUT2D eigenvalue weighted by atomic mass is 17.2. The fourth-order valence-corrected chi connectivity index (χ4v) is 0.862. The largest absolute Gasteiger partial charge is 0.454 e. The van der Waals surface area contributed by atoms with Crippen LogP contribution in [0.25, 0.3) is 0 Å². The second-order valence-corrected chi connectivity index (χ2v) is 2.69. The van der Waals surface area contributed by atoms with Crippen LogP contribution in [0.2, 0.25) is 0 Å². The van der Waals surface area contributed by atoms with Crippen molar-refractivity contribution in [3.63, 3.8) is 0 Å². The molecular weight excluding hydrogens is 172 g/mol. The molecule has 2 unspecified atom stereocenters. The van der Waals surface area contributed by atoms with Gasteiger partial charge in [-0.3, -0.25) is 4.79 Å². The normalized spacial score (nSPS) is 29.7. The predicted molar refractivity (Wildman–Crippen MR) is 45.5 cm³/mol. The van der Waals surface area contributed by atoms with Gasteiger partial charge >= 0.3 is 5.97 Å². The lowest BCUT2D eigenvalue weighted by atomic mass is 10.2. The molecule has 72 valence electrons. The van der Waals surface area contributed by atoms with E-state index in [2.05, 4.69) is 4.89 Å². The summed E-state index contributed by atoms with van der Waals surface area (Å²) in [5.74, 6) is -0.326. The van der Waals surface area contributed by atoms with Crippen molar-refractivity contribution in [3.8, 4) is 0 Å². The van der Waals surface area contributed by atoms with Gasteiger partial charge in [-0.1, -0.05) is 6.08 Å². The highest BCUT2D eigenvalue weighted by Gasteiger charge is 2.07. The molecule has 0 N–H and O–H groups in total. The second-order valence-electron chi connectivity index (χ2n) is 2.69. The first-order valence-corrected chi connectivity index (χ1v) is 4.03. The lowest BCUT2D eigenvalue weighted by molar-refractivity contribution is -0.267. The molecule has 0 spiro atoms. The van der Waals surface area contributed by atoms with Gasteiger partial charge in [-0.05, 0) is 19.1 Å². The van der Waals surface area contributed by atoms with Crippen molar-refractivity contribution in [3.05, 3.63) is 24.5 Å². The predicted octanol–water partition coefficient (Wildman–Crippen LogP) is 1.34. The Morgan fingerprint density at radius 1 is 1.38 bits per heavy atom. The van der Waals surface area contributed by atoms with Crippen LogP contribution in [0.1, 0.15) is 13.8 Å². The van der Waals surface area contributed by atoms with Crippen LogP contribution < -0.4 is 0 Å². The summed E-state index contributed by atoms with van der Waals surface area (Å²) in [5.41, 5.74) is 0. The van der Waals surface area contributed by atoms with Crippen LogP contribution in [0.3, 0.4) is 0 Å². The Morgan fingerprint density at radius 2 is 2.15 bits per heavy atom. The summed E-state index contributed by atoms with van der Waals surface area (Å²) >= 11 is 0. The quantitative estimate of drug-likeness (QED) is 0.350. The molecule has 0 aromatic heterocycles. The van der Waals surface area contributed by atoms with Gasteiger partial charge in [-0.2, -0.15) is 4.89 Å². The SMILES string of the molecule is CC(=O)OC1C=CC(C)OO/C=C\1. The highest BCUT2D eigenvalue weighted by Crippen LogP contribution is 2.05. The molecule has 0 aliphatic carbocycles. The molecule has 1 aliphatic heterocycles. The zero-order valence-electron chi connectivity index (χ0n) is 7.60. The molecule has 0 amide bonds. The number of rotatable bonds is 1. The fraction of sp³-hybridized carbons (Fsp3) is 0.444. The van der Waals surface area contributed by atoms with Gasteiger partial charge in [0, 0.05) is 6.92 Å². The van der Waals surface area contributed by atoms with E-state index in [1.807, 2.05) is 6.92 Å². The lowest BCUT2D eigenvalue weighted by Crippen LogP contribution is -2.14. The number of carbonyl (C=O) groups excluding carboxylic acids is 1. The molecule has 0 saturated heterocycles. The summed E-state index contributed by atoms with van der Waals surface area (Å²) in [6.45, 7) is 3.18. The Labute approximate surface area is 76.7 Å². The summed E-state index contributed by atoms with van der Waals surface area (Å²) in [7, 11) is 0. The summed E-state index contributed by atoms with van der Waals surface area (Å²) in [4.78, 5) is 20.1. The minimum atomic E-state index is -0.371. The van der Waals surface area contributed by atoms with Crippen molar-refractivity contribution < 1.29 is 19.3 Å².